The molecule has 0 aliphatic heterocycles. The molecule has 3 heterocycles. The van der Waals surface area contributed by atoms with Gasteiger partial charge in [0.15, 0.2) is 0 Å². The van der Waals surface area contributed by atoms with Gasteiger partial charge in [-0.1, -0.05) is 55.5 Å². The molecule has 5 aromatic rings. The van der Waals surface area contributed by atoms with Crippen LogP contribution in [0, 0.1) is 0 Å². The number of aromatic carboxylic acids is 1. The molecule has 0 saturated carbocycles. The van der Waals surface area contributed by atoms with Crippen molar-refractivity contribution in [1.29, 1.82) is 0 Å². The van der Waals surface area contributed by atoms with Crippen LogP contribution in [0.3, 0.4) is 0 Å². The van der Waals surface area contributed by atoms with E-state index in [-0.39, 0.29) is 36.5 Å². The van der Waals surface area contributed by atoms with Crippen LogP contribution in [0.25, 0.3) is 32.7 Å². The summed E-state index contributed by atoms with van der Waals surface area (Å²) in [6.45, 7) is 2.47. The molecule has 0 unspecified atom stereocenters. The summed E-state index contributed by atoms with van der Waals surface area (Å²) in [6, 6.07) is 17.7. The van der Waals surface area contributed by atoms with Gasteiger partial charge in [-0.2, -0.15) is 5.21 Å². The van der Waals surface area contributed by atoms with Gasteiger partial charge in [0.1, 0.15) is 10.4 Å². The van der Waals surface area contributed by atoms with Gasteiger partial charge >= 0.3 is 35.5 Å². The Morgan fingerprint density at radius 2 is 1.88 bits per heavy atom. The number of fused-ring (bicyclic) bond motifs is 1. The number of hydrogen-bond acceptors (Lipinski definition) is 6. The molecule has 0 atom stereocenters. The average Bonchev–Trinajstić information content (AvgIpc) is 3.52. The number of aromatic amines is 1. The molecule has 2 N–H and O–H groups in total. The fourth-order valence-corrected chi connectivity index (χ4v) is 4.93. The molecule has 0 radical (unpaired) electrons. The van der Waals surface area contributed by atoms with Gasteiger partial charge in [-0.3, -0.25) is 4.79 Å². The molecule has 0 amide bonds. The Labute approximate surface area is 222 Å². The fourth-order valence-electron chi connectivity index (χ4n) is 3.86. The number of nitrogens with one attached hydrogen (secondary N) is 1. The summed E-state index contributed by atoms with van der Waals surface area (Å²) in [4.78, 5) is 26.1. The van der Waals surface area contributed by atoms with E-state index >= 15 is 0 Å². The van der Waals surface area contributed by atoms with Gasteiger partial charge in [0.2, 0.25) is 11.3 Å². The zero-order chi connectivity index (χ0) is 22.9. The van der Waals surface area contributed by atoms with E-state index in [1.54, 1.807) is 0 Å². The summed E-state index contributed by atoms with van der Waals surface area (Å²) in [7, 11) is 0. The summed E-state index contributed by atoms with van der Waals surface area (Å²) in [6.07, 6.45) is 2.23. The number of aryl methyl sites for hydroxylation is 1. The first-order valence-electron chi connectivity index (χ1n) is 10.4. The minimum atomic E-state index is -1.21. The number of nitrogens with zero attached hydrogens (tertiary/aromatic N) is 4. The van der Waals surface area contributed by atoms with Crippen molar-refractivity contribution in [3.8, 4) is 22.5 Å². The van der Waals surface area contributed by atoms with Crippen LogP contribution in [-0.4, -0.2) is 36.3 Å². The van der Waals surface area contributed by atoms with Crippen molar-refractivity contribution >= 4 is 27.5 Å². The van der Waals surface area contributed by atoms with Crippen LogP contribution in [0.2, 0.25) is 0 Å². The third-order valence-corrected chi connectivity index (χ3v) is 6.83. The van der Waals surface area contributed by atoms with Crippen LogP contribution in [0.15, 0.2) is 65.6 Å². The van der Waals surface area contributed by atoms with Gasteiger partial charge in [0.05, 0.1) is 5.39 Å². The molecule has 8 nitrogen and oxygen atoms in total. The van der Waals surface area contributed by atoms with E-state index in [9.17, 15) is 14.7 Å². The van der Waals surface area contributed by atoms with Crippen molar-refractivity contribution in [2.75, 3.05) is 0 Å². The quantitative estimate of drug-likeness (QED) is 0.354. The second-order valence-corrected chi connectivity index (χ2v) is 8.68. The number of hydrogen-bond donors (Lipinski definition) is 2. The van der Waals surface area contributed by atoms with Gasteiger partial charge < -0.3 is 11.1 Å². The standard InChI is InChI=1S/C24H19N5O3S.Na.H/c1-2-16-11-19-21(30)20(24(31)32)13-29(23(19)33-16)12-14-7-9-15(10-8-14)17-5-3-4-6-18(17)22-25-27-28-26-22;;/h3-11,13H,2,12H2,1H3,(H,31,32)(H,25,26,27,28);;/q;+1;-1. The number of tetrazole rings is 1. The molecule has 0 saturated heterocycles. The predicted octanol–water partition coefficient (Wildman–Crippen LogP) is 1.34. The maximum atomic E-state index is 12.6. The van der Waals surface area contributed by atoms with E-state index in [2.05, 4.69) is 20.6 Å². The van der Waals surface area contributed by atoms with Crippen LogP contribution in [0.5, 0.6) is 0 Å². The van der Waals surface area contributed by atoms with Crippen molar-refractivity contribution in [3.05, 3.63) is 87.0 Å². The number of pyridine rings is 1. The molecular formula is C24H20N5NaO3S. The third kappa shape index (κ3) is 4.47. The normalized spacial score (nSPS) is 10.9. The van der Waals surface area contributed by atoms with Gasteiger partial charge in [0, 0.05) is 23.2 Å². The molecule has 0 aliphatic rings. The minimum Gasteiger partial charge on any atom is -1.00 e. The number of H-pyrrole nitrogens is 1. The molecule has 10 heteroatoms. The summed E-state index contributed by atoms with van der Waals surface area (Å²) < 4.78 is 1.85. The maximum Gasteiger partial charge on any atom is 1.00 e. The minimum absolute atomic E-state index is 0. The van der Waals surface area contributed by atoms with Gasteiger partial charge in [-0.15, -0.1) is 21.5 Å². The maximum absolute atomic E-state index is 12.6. The number of carboxylic acids is 1. The molecule has 34 heavy (non-hydrogen) atoms. The molecule has 0 spiro atoms. The largest absolute Gasteiger partial charge is 1.00 e. The van der Waals surface area contributed by atoms with Crippen LogP contribution in [-0.2, 0) is 13.0 Å². The fraction of sp³-hybridized carbons (Fsp3) is 0.125. The number of rotatable bonds is 6. The van der Waals surface area contributed by atoms with Gasteiger partial charge in [-0.05, 0) is 34.4 Å². The summed E-state index contributed by atoms with van der Waals surface area (Å²) in [5.41, 5.74) is 3.20. The SMILES string of the molecule is CCc1cc2c(=O)c(C(=O)O)cn(Cc3ccc(-c4ccccc4-c4nn[nH]n4)cc3)c2s1.[H-].[Na+]. The molecule has 2 aromatic carbocycles. The van der Waals surface area contributed by atoms with E-state index in [1.807, 2.05) is 66.1 Å². The summed E-state index contributed by atoms with van der Waals surface area (Å²) >= 11 is 1.53. The van der Waals surface area contributed by atoms with Crippen LogP contribution >= 0.6 is 11.3 Å². The first-order valence-corrected chi connectivity index (χ1v) is 11.2. The monoisotopic (exact) mass is 481 g/mol. The number of carboxylic acid groups (broad SMARTS) is 1. The smallest absolute Gasteiger partial charge is 1.00 e. The molecular weight excluding hydrogens is 461 g/mol. The molecule has 166 valence electrons. The van der Waals surface area contributed by atoms with Crippen molar-refractivity contribution in [1.82, 2.24) is 25.2 Å². The Balaban J connectivity index is 0.00000171. The number of aromatic nitrogens is 5. The number of thiophene rings is 1. The number of benzene rings is 2. The van der Waals surface area contributed by atoms with Crippen LogP contribution < -0.4 is 35.0 Å². The Bertz CT molecular complexity index is 1530. The van der Waals surface area contributed by atoms with E-state index in [4.69, 9.17) is 0 Å². The van der Waals surface area contributed by atoms with Crippen molar-refractivity contribution in [2.24, 2.45) is 0 Å². The summed E-state index contributed by atoms with van der Waals surface area (Å²) in [5, 5.41) is 24.3. The third-order valence-electron chi connectivity index (χ3n) is 5.51. The predicted molar refractivity (Wildman–Crippen MR) is 128 cm³/mol. The van der Waals surface area contributed by atoms with Crippen molar-refractivity contribution in [3.63, 3.8) is 0 Å². The molecule has 0 bridgehead atoms. The first kappa shape index (κ1) is 24.0. The Morgan fingerprint density at radius 1 is 1.15 bits per heavy atom. The zero-order valence-electron chi connectivity index (χ0n) is 19.6. The first-order chi connectivity index (χ1) is 16.0. The molecule has 3 aromatic heterocycles. The van der Waals surface area contributed by atoms with Crippen LogP contribution in [0.1, 0.15) is 29.1 Å². The van der Waals surface area contributed by atoms with E-state index < -0.39 is 11.4 Å². The number of carbonyl (C=O) groups is 1. The zero-order valence-corrected chi connectivity index (χ0v) is 21.5. The van der Waals surface area contributed by atoms with Crippen LogP contribution in [0.4, 0.5) is 0 Å². The molecule has 0 aliphatic carbocycles. The molecule has 0 fully saturated rings. The second-order valence-electron chi connectivity index (χ2n) is 7.57. The summed E-state index contributed by atoms with van der Waals surface area (Å²) in [5.74, 6) is -0.690. The second kappa shape index (κ2) is 10.0. The van der Waals surface area contributed by atoms with Crippen molar-refractivity contribution in [2.45, 2.75) is 19.9 Å². The Morgan fingerprint density at radius 3 is 2.53 bits per heavy atom. The van der Waals surface area contributed by atoms with E-state index in [1.165, 1.54) is 17.5 Å². The molecule has 5 rings (SSSR count). The Hall–Kier alpha value is -3.11. The van der Waals surface area contributed by atoms with Gasteiger partial charge in [0.25, 0.3) is 0 Å². The van der Waals surface area contributed by atoms with Crippen molar-refractivity contribution < 1.29 is 40.9 Å². The Kier molecular flexibility index (Phi) is 7.08. The average molecular weight is 482 g/mol. The van der Waals surface area contributed by atoms with Gasteiger partial charge in [-0.25, -0.2) is 4.79 Å². The van der Waals surface area contributed by atoms with E-state index in [0.717, 1.165) is 38.4 Å². The van der Waals surface area contributed by atoms with E-state index in [0.29, 0.717) is 17.8 Å². The topological polar surface area (TPSA) is 114 Å².